The first-order valence-electron chi connectivity index (χ1n) is 8.28. The van der Waals surface area contributed by atoms with E-state index in [1.807, 2.05) is 0 Å². The first-order valence-corrected chi connectivity index (χ1v) is 8.28. The summed E-state index contributed by atoms with van der Waals surface area (Å²) in [5.74, 6) is 0. The molecule has 0 radical (unpaired) electrons. The van der Waals surface area contributed by atoms with Crippen molar-refractivity contribution in [3.63, 3.8) is 0 Å². The van der Waals surface area contributed by atoms with Gasteiger partial charge >= 0.3 is 0 Å². The van der Waals surface area contributed by atoms with E-state index >= 15 is 0 Å². The molecule has 2 atom stereocenters. The van der Waals surface area contributed by atoms with Crippen LogP contribution >= 0.6 is 0 Å². The molecule has 0 spiro atoms. The smallest absolute Gasteiger partial charge is 0.0755 e. The van der Waals surface area contributed by atoms with E-state index in [-0.39, 0.29) is 0 Å². The minimum atomic E-state index is 0.377. The second-order valence-corrected chi connectivity index (χ2v) is 6.87. The zero-order valence-corrected chi connectivity index (χ0v) is 13.6. The van der Waals surface area contributed by atoms with Gasteiger partial charge in [-0.2, -0.15) is 0 Å². The highest BCUT2D eigenvalue weighted by molar-refractivity contribution is 5.50. The predicted molar refractivity (Wildman–Crippen MR) is 88.1 cm³/mol. The van der Waals surface area contributed by atoms with Gasteiger partial charge in [-0.3, -0.25) is 0 Å². The molecule has 1 aromatic carbocycles. The van der Waals surface area contributed by atoms with Crippen LogP contribution in [0.2, 0.25) is 0 Å². The number of hydrogen-bond donors (Lipinski definition) is 1. The van der Waals surface area contributed by atoms with Gasteiger partial charge < -0.3 is 15.0 Å². The van der Waals surface area contributed by atoms with Crippen LogP contribution in [-0.4, -0.2) is 38.4 Å². The van der Waals surface area contributed by atoms with Crippen LogP contribution in [-0.2, 0) is 4.74 Å². The van der Waals surface area contributed by atoms with Crippen LogP contribution in [0.1, 0.15) is 36.8 Å². The van der Waals surface area contributed by atoms with E-state index in [1.165, 1.54) is 42.5 Å². The third kappa shape index (κ3) is 4.21. The van der Waals surface area contributed by atoms with E-state index in [0.29, 0.717) is 12.2 Å². The number of benzene rings is 1. The number of aryl methyl sites for hydroxylation is 2. The minimum Gasteiger partial charge on any atom is -0.372 e. The Labute approximate surface area is 128 Å². The quantitative estimate of drug-likeness (QED) is 0.871. The fourth-order valence-electron chi connectivity index (χ4n) is 3.23. The van der Waals surface area contributed by atoms with Crippen molar-refractivity contribution in [1.82, 2.24) is 5.32 Å². The minimum absolute atomic E-state index is 0.377. The van der Waals surface area contributed by atoms with E-state index in [4.69, 9.17) is 4.74 Å². The predicted octanol–water partition coefficient (Wildman–Crippen LogP) is 3.04. The highest BCUT2D eigenvalue weighted by Gasteiger charge is 2.28. The second-order valence-electron chi connectivity index (χ2n) is 6.87. The monoisotopic (exact) mass is 288 g/mol. The average molecular weight is 288 g/mol. The van der Waals surface area contributed by atoms with Crippen molar-refractivity contribution in [3.05, 3.63) is 29.3 Å². The standard InChI is InChI=1S/C18H28N2O/c1-13-8-14(2)10-16(9-13)20(3)12-18-7-6-17(21-18)11-19-15-4-5-15/h8-10,15,17-19H,4-7,11-12H2,1-3H3. The first-order chi connectivity index (χ1) is 10.1. The molecule has 1 saturated heterocycles. The average Bonchev–Trinajstić information content (AvgIpc) is 3.15. The largest absolute Gasteiger partial charge is 0.372 e. The Morgan fingerprint density at radius 2 is 1.71 bits per heavy atom. The summed E-state index contributed by atoms with van der Waals surface area (Å²) in [5, 5.41) is 3.58. The van der Waals surface area contributed by atoms with Gasteiger partial charge in [0.05, 0.1) is 12.2 Å². The van der Waals surface area contributed by atoms with E-state index in [2.05, 4.69) is 49.3 Å². The molecule has 3 rings (SSSR count). The molecule has 2 aliphatic rings. The zero-order chi connectivity index (χ0) is 14.8. The lowest BCUT2D eigenvalue weighted by atomic mass is 10.1. The molecule has 116 valence electrons. The van der Waals surface area contributed by atoms with Crippen LogP contribution in [0.4, 0.5) is 5.69 Å². The van der Waals surface area contributed by atoms with Crippen molar-refractivity contribution >= 4 is 5.69 Å². The molecule has 21 heavy (non-hydrogen) atoms. The molecular formula is C18H28N2O. The maximum atomic E-state index is 6.19. The molecule has 1 heterocycles. The lowest BCUT2D eigenvalue weighted by Crippen LogP contribution is -2.32. The van der Waals surface area contributed by atoms with Crippen molar-refractivity contribution in [3.8, 4) is 0 Å². The van der Waals surface area contributed by atoms with Gasteiger partial charge in [0, 0.05) is 31.9 Å². The van der Waals surface area contributed by atoms with E-state index in [9.17, 15) is 0 Å². The number of nitrogens with one attached hydrogen (secondary N) is 1. The van der Waals surface area contributed by atoms with Gasteiger partial charge in [0.1, 0.15) is 0 Å². The fourth-order valence-corrected chi connectivity index (χ4v) is 3.23. The summed E-state index contributed by atoms with van der Waals surface area (Å²) < 4.78 is 6.19. The van der Waals surface area contributed by atoms with E-state index in [1.54, 1.807) is 0 Å². The lowest BCUT2D eigenvalue weighted by molar-refractivity contribution is 0.0498. The van der Waals surface area contributed by atoms with Gasteiger partial charge in [-0.05, 0) is 62.8 Å². The van der Waals surface area contributed by atoms with Gasteiger partial charge in [-0.1, -0.05) is 6.07 Å². The first kappa shape index (κ1) is 14.9. The molecular weight excluding hydrogens is 260 g/mol. The number of nitrogens with zero attached hydrogens (tertiary/aromatic N) is 1. The van der Waals surface area contributed by atoms with Crippen molar-refractivity contribution in [1.29, 1.82) is 0 Å². The molecule has 2 fully saturated rings. The summed E-state index contributed by atoms with van der Waals surface area (Å²) >= 11 is 0. The van der Waals surface area contributed by atoms with Gasteiger partial charge in [0.15, 0.2) is 0 Å². The molecule has 0 aromatic heterocycles. The molecule has 0 amide bonds. The summed E-state index contributed by atoms with van der Waals surface area (Å²) in [6, 6.07) is 7.52. The van der Waals surface area contributed by atoms with Crippen LogP contribution in [0.5, 0.6) is 0 Å². The highest BCUT2D eigenvalue weighted by atomic mass is 16.5. The van der Waals surface area contributed by atoms with Gasteiger partial charge in [-0.15, -0.1) is 0 Å². The summed E-state index contributed by atoms with van der Waals surface area (Å²) in [6.45, 7) is 6.35. The van der Waals surface area contributed by atoms with Crippen LogP contribution in [0, 0.1) is 13.8 Å². The van der Waals surface area contributed by atoms with Gasteiger partial charge in [0.25, 0.3) is 0 Å². The molecule has 1 aliphatic carbocycles. The number of anilines is 1. The summed E-state index contributed by atoms with van der Waals surface area (Å²) in [5.41, 5.74) is 3.96. The van der Waals surface area contributed by atoms with Crippen molar-refractivity contribution in [2.24, 2.45) is 0 Å². The summed E-state index contributed by atoms with van der Waals surface area (Å²) in [6.07, 6.45) is 5.89. The second kappa shape index (κ2) is 6.37. The Morgan fingerprint density at radius 3 is 2.38 bits per heavy atom. The van der Waals surface area contributed by atoms with E-state index in [0.717, 1.165) is 19.1 Å². The molecule has 3 nitrogen and oxygen atoms in total. The molecule has 3 heteroatoms. The van der Waals surface area contributed by atoms with Crippen molar-refractivity contribution < 1.29 is 4.74 Å². The lowest BCUT2D eigenvalue weighted by Gasteiger charge is -2.24. The maximum absolute atomic E-state index is 6.19. The number of ether oxygens (including phenoxy) is 1. The van der Waals surface area contributed by atoms with Crippen molar-refractivity contribution in [2.45, 2.75) is 57.8 Å². The summed E-state index contributed by atoms with van der Waals surface area (Å²) in [4.78, 5) is 2.33. The number of rotatable bonds is 6. The third-order valence-corrected chi connectivity index (χ3v) is 4.53. The van der Waals surface area contributed by atoms with Crippen LogP contribution in [0.3, 0.4) is 0 Å². The van der Waals surface area contributed by atoms with E-state index < -0.39 is 0 Å². The Balaban J connectivity index is 1.49. The maximum Gasteiger partial charge on any atom is 0.0755 e. The normalized spacial score (nSPS) is 25.3. The molecule has 1 saturated carbocycles. The Hall–Kier alpha value is -1.06. The Morgan fingerprint density at radius 1 is 1.05 bits per heavy atom. The topological polar surface area (TPSA) is 24.5 Å². The molecule has 1 N–H and O–H groups in total. The van der Waals surface area contributed by atoms with Gasteiger partial charge in [-0.25, -0.2) is 0 Å². The number of likely N-dealkylation sites (N-methyl/N-ethyl adjacent to an activating group) is 1. The van der Waals surface area contributed by atoms with Crippen molar-refractivity contribution in [2.75, 3.05) is 25.0 Å². The highest BCUT2D eigenvalue weighted by Crippen LogP contribution is 2.25. The molecule has 2 unspecified atom stereocenters. The fraction of sp³-hybridized carbons (Fsp3) is 0.667. The third-order valence-electron chi connectivity index (χ3n) is 4.53. The SMILES string of the molecule is Cc1cc(C)cc(N(C)CC2CCC(CNC3CC3)O2)c1. The number of hydrogen-bond acceptors (Lipinski definition) is 3. The van der Waals surface area contributed by atoms with Crippen LogP contribution in [0.25, 0.3) is 0 Å². The van der Waals surface area contributed by atoms with Crippen LogP contribution < -0.4 is 10.2 Å². The summed E-state index contributed by atoms with van der Waals surface area (Å²) in [7, 11) is 2.17. The molecule has 1 aromatic rings. The zero-order valence-electron chi connectivity index (χ0n) is 13.6. The molecule has 0 bridgehead atoms. The van der Waals surface area contributed by atoms with Crippen LogP contribution in [0.15, 0.2) is 18.2 Å². The Bertz CT molecular complexity index is 464. The molecule has 1 aliphatic heterocycles. The van der Waals surface area contributed by atoms with Gasteiger partial charge in [0.2, 0.25) is 0 Å². The Kier molecular flexibility index (Phi) is 4.51.